The molecule has 0 amide bonds. The van der Waals surface area contributed by atoms with E-state index < -0.39 is 18.5 Å². The first kappa shape index (κ1) is 16.5. The summed E-state index contributed by atoms with van der Waals surface area (Å²) < 4.78 is 50.4. The Hall–Kier alpha value is -1.58. The van der Waals surface area contributed by atoms with Gasteiger partial charge in [0.05, 0.1) is 13.1 Å². The van der Waals surface area contributed by atoms with Crippen molar-refractivity contribution in [2.24, 2.45) is 5.73 Å². The minimum Gasteiger partial charge on any atom is -0.320 e. The van der Waals surface area contributed by atoms with Crippen LogP contribution >= 0.6 is 0 Å². The second-order valence-electron chi connectivity index (χ2n) is 4.23. The lowest BCUT2D eigenvalue weighted by molar-refractivity contribution is -0.146. The summed E-state index contributed by atoms with van der Waals surface area (Å²) >= 11 is 0. The maximum absolute atomic E-state index is 13.2. The summed E-state index contributed by atoms with van der Waals surface area (Å²) in [5.41, 5.74) is 6.17. The summed E-state index contributed by atoms with van der Waals surface area (Å²) in [7, 11) is 0. The lowest BCUT2D eigenvalue weighted by atomic mass is 10.1. The number of nitrogens with two attached hydrogens (primary N) is 1. The highest BCUT2D eigenvalue weighted by Gasteiger charge is 2.30. The van der Waals surface area contributed by atoms with Crippen molar-refractivity contribution >= 4 is 0 Å². The van der Waals surface area contributed by atoms with Crippen molar-refractivity contribution < 1.29 is 17.6 Å². The maximum atomic E-state index is 13.2. The van der Waals surface area contributed by atoms with Gasteiger partial charge in [-0.25, -0.2) is 4.39 Å². The zero-order valence-corrected chi connectivity index (χ0v) is 11.1. The Morgan fingerprint density at radius 1 is 1.30 bits per heavy atom. The molecule has 110 valence electrons. The molecule has 0 aliphatic heterocycles. The van der Waals surface area contributed by atoms with Crippen LogP contribution in [0.1, 0.15) is 18.1 Å². The highest BCUT2D eigenvalue weighted by atomic mass is 19.4. The third-order valence-corrected chi connectivity index (χ3v) is 2.64. The van der Waals surface area contributed by atoms with E-state index in [1.54, 1.807) is 6.92 Å². The van der Waals surface area contributed by atoms with E-state index >= 15 is 0 Å². The summed E-state index contributed by atoms with van der Waals surface area (Å²) in [6.45, 7) is 1.03. The van der Waals surface area contributed by atoms with Crippen LogP contribution in [0.25, 0.3) is 0 Å². The van der Waals surface area contributed by atoms with Gasteiger partial charge in [-0.2, -0.15) is 13.2 Å². The monoisotopic (exact) mass is 288 g/mol. The number of hydrogen-bond acceptors (Lipinski definition) is 2. The molecule has 0 saturated carbocycles. The molecule has 0 aliphatic rings. The Bertz CT molecular complexity index is 500. The van der Waals surface area contributed by atoms with Crippen LogP contribution < -0.4 is 5.73 Å². The Balaban J connectivity index is 2.95. The molecule has 2 nitrogen and oxygen atoms in total. The van der Waals surface area contributed by atoms with Gasteiger partial charge in [0.15, 0.2) is 0 Å². The number of halogens is 4. The molecule has 0 heterocycles. The summed E-state index contributed by atoms with van der Waals surface area (Å²) in [6, 6.07) is 3.87. The van der Waals surface area contributed by atoms with Crippen LogP contribution in [-0.2, 0) is 6.54 Å². The minimum absolute atomic E-state index is 0.0604. The van der Waals surface area contributed by atoms with E-state index in [0.29, 0.717) is 11.1 Å². The van der Waals surface area contributed by atoms with Gasteiger partial charge in [-0.05, 0) is 24.2 Å². The fourth-order valence-corrected chi connectivity index (χ4v) is 1.72. The molecule has 1 aromatic rings. The van der Waals surface area contributed by atoms with Crippen LogP contribution in [0.3, 0.4) is 0 Å². The van der Waals surface area contributed by atoms with E-state index in [-0.39, 0.29) is 19.6 Å². The molecule has 1 rings (SSSR count). The van der Waals surface area contributed by atoms with Gasteiger partial charge in [-0.15, -0.1) is 0 Å². The number of hydrogen-bond donors (Lipinski definition) is 1. The molecule has 0 atom stereocenters. The molecule has 0 aliphatic carbocycles. The molecule has 0 saturated heterocycles. The van der Waals surface area contributed by atoms with Gasteiger partial charge in [0.1, 0.15) is 5.82 Å². The van der Waals surface area contributed by atoms with Gasteiger partial charge in [0, 0.05) is 12.1 Å². The van der Waals surface area contributed by atoms with E-state index in [4.69, 9.17) is 5.73 Å². The quantitative estimate of drug-likeness (QED) is 0.681. The van der Waals surface area contributed by atoms with Crippen molar-refractivity contribution in [3.05, 3.63) is 35.1 Å². The summed E-state index contributed by atoms with van der Waals surface area (Å²) in [5, 5.41) is 0. The molecule has 2 N–H and O–H groups in total. The molecule has 0 aromatic heterocycles. The maximum Gasteiger partial charge on any atom is 0.401 e. The molecule has 0 fully saturated rings. The molecular formula is C14H16F4N2. The molecule has 1 aromatic carbocycles. The second-order valence-corrected chi connectivity index (χ2v) is 4.23. The summed E-state index contributed by atoms with van der Waals surface area (Å²) in [6.07, 6.45) is -4.26. The van der Waals surface area contributed by atoms with E-state index in [0.717, 1.165) is 0 Å². The van der Waals surface area contributed by atoms with Crippen LogP contribution in [0, 0.1) is 17.7 Å². The number of alkyl halides is 3. The van der Waals surface area contributed by atoms with Crippen LogP contribution in [0.2, 0.25) is 0 Å². The van der Waals surface area contributed by atoms with Crippen molar-refractivity contribution in [3.63, 3.8) is 0 Å². The van der Waals surface area contributed by atoms with Crippen LogP contribution in [0.15, 0.2) is 18.2 Å². The molecule has 0 radical (unpaired) electrons. The fraction of sp³-hybridized carbons (Fsp3) is 0.429. The molecule has 0 spiro atoms. The van der Waals surface area contributed by atoms with Crippen molar-refractivity contribution in [3.8, 4) is 11.8 Å². The van der Waals surface area contributed by atoms with E-state index in [1.165, 1.54) is 23.1 Å². The van der Waals surface area contributed by atoms with Crippen LogP contribution in [-0.4, -0.2) is 30.7 Å². The molecule has 6 heteroatoms. The fourth-order valence-electron chi connectivity index (χ4n) is 1.72. The molecule has 0 unspecified atom stereocenters. The third kappa shape index (κ3) is 5.59. The van der Waals surface area contributed by atoms with E-state index in [1.807, 2.05) is 0 Å². The topological polar surface area (TPSA) is 29.3 Å². The van der Waals surface area contributed by atoms with Gasteiger partial charge >= 0.3 is 6.18 Å². The standard InChI is InChI=1S/C14H16F4N2/c1-2-20(10-14(16,17)18)9-12-5-6-13(15)8-11(12)4-3-7-19/h5-6,8H,2,7,9-10,19H2,1H3. The highest BCUT2D eigenvalue weighted by Crippen LogP contribution is 2.19. The van der Waals surface area contributed by atoms with E-state index in [9.17, 15) is 17.6 Å². The summed E-state index contributed by atoms with van der Waals surface area (Å²) in [5.74, 6) is 4.79. The lowest BCUT2D eigenvalue weighted by Crippen LogP contribution is -2.33. The first-order chi connectivity index (χ1) is 9.35. The Kier molecular flexibility index (Phi) is 5.99. The number of rotatable bonds is 4. The first-order valence-corrected chi connectivity index (χ1v) is 6.12. The van der Waals surface area contributed by atoms with E-state index in [2.05, 4.69) is 11.8 Å². The van der Waals surface area contributed by atoms with Gasteiger partial charge in [-0.1, -0.05) is 24.8 Å². The summed E-state index contributed by atoms with van der Waals surface area (Å²) in [4.78, 5) is 1.22. The Labute approximate surface area is 115 Å². The van der Waals surface area contributed by atoms with Gasteiger partial charge in [-0.3, -0.25) is 4.90 Å². The first-order valence-electron chi connectivity index (χ1n) is 6.12. The largest absolute Gasteiger partial charge is 0.401 e. The van der Waals surface area contributed by atoms with Crippen molar-refractivity contribution in [1.29, 1.82) is 0 Å². The Morgan fingerprint density at radius 3 is 2.55 bits per heavy atom. The van der Waals surface area contributed by atoms with Gasteiger partial charge < -0.3 is 5.73 Å². The number of nitrogens with zero attached hydrogens (tertiary/aromatic N) is 1. The smallest absolute Gasteiger partial charge is 0.320 e. The third-order valence-electron chi connectivity index (χ3n) is 2.64. The van der Waals surface area contributed by atoms with Crippen molar-refractivity contribution in [2.75, 3.05) is 19.6 Å². The average molecular weight is 288 g/mol. The molecule has 20 heavy (non-hydrogen) atoms. The zero-order valence-electron chi connectivity index (χ0n) is 11.1. The lowest BCUT2D eigenvalue weighted by Gasteiger charge is -2.22. The van der Waals surface area contributed by atoms with Gasteiger partial charge in [0.2, 0.25) is 0 Å². The van der Waals surface area contributed by atoms with Crippen molar-refractivity contribution in [2.45, 2.75) is 19.6 Å². The van der Waals surface area contributed by atoms with Crippen molar-refractivity contribution in [1.82, 2.24) is 4.90 Å². The number of benzene rings is 1. The zero-order chi connectivity index (χ0) is 15.2. The SMILES string of the molecule is CCN(Cc1ccc(F)cc1C#CCN)CC(F)(F)F. The van der Waals surface area contributed by atoms with Gasteiger partial charge in [0.25, 0.3) is 0 Å². The minimum atomic E-state index is -4.26. The average Bonchev–Trinajstić information content (AvgIpc) is 2.36. The van der Waals surface area contributed by atoms with Crippen LogP contribution in [0.5, 0.6) is 0 Å². The molecule has 0 bridgehead atoms. The normalized spacial score (nSPS) is 11.3. The predicted octanol–water partition coefficient (Wildman–Crippen LogP) is 2.52. The second kappa shape index (κ2) is 7.27. The van der Waals surface area contributed by atoms with Crippen LogP contribution in [0.4, 0.5) is 17.6 Å². The highest BCUT2D eigenvalue weighted by molar-refractivity contribution is 5.41. The Morgan fingerprint density at radius 2 is 2.00 bits per heavy atom. The molecular weight excluding hydrogens is 272 g/mol. The predicted molar refractivity (Wildman–Crippen MR) is 69.3 cm³/mol.